The third-order valence-corrected chi connectivity index (χ3v) is 3.34. The van der Waals surface area contributed by atoms with Gasteiger partial charge in [-0.1, -0.05) is 17.7 Å². The number of amides is 1. The third-order valence-electron chi connectivity index (χ3n) is 3.10. The van der Waals surface area contributed by atoms with E-state index in [1.165, 1.54) is 0 Å². The van der Waals surface area contributed by atoms with Gasteiger partial charge in [-0.3, -0.25) is 0 Å². The molecule has 5 heteroatoms. The van der Waals surface area contributed by atoms with Crippen molar-refractivity contribution in [3.63, 3.8) is 0 Å². The summed E-state index contributed by atoms with van der Waals surface area (Å²) in [5.41, 5.74) is 0.655. The van der Waals surface area contributed by atoms with Crippen molar-refractivity contribution in [2.24, 2.45) is 0 Å². The van der Waals surface area contributed by atoms with Crippen LogP contribution in [0.3, 0.4) is 0 Å². The molecule has 20 heavy (non-hydrogen) atoms. The van der Waals surface area contributed by atoms with E-state index in [0.717, 1.165) is 23.8 Å². The predicted octanol–water partition coefficient (Wildman–Crippen LogP) is 3.40. The Morgan fingerprint density at radius 3 is 2.40 bits per heavy atom. The van der Waals surface area contributed by atoms with Crippen molar-refractivity contribution in [3.05, 3.63) is 29.3 Å². The van der Waals surface area contributed by atoms with E-state index in [1.807, 2.05) is 45.0 Å². The summed E-state index contributed by atoms with van der Waals surface area (Å²) in [5.74, 6) is 0. The zero-order chi connectivity index (χ0) is 14.8. The molecule has 4 nitrogen and oxygen atoms in total. The van der Waals surface area contributed by atoms with Gasteiger partial charge in [0.05, 0.1) is 0 Å². The average Bonchev–Trinajstić information content (AvgIpc) is 2.37. The normalized spacial score (nSPS) is 16.2. The fraction of sp³-hybridized carbons (Fsp3) is 0.533. The fourth-order valence-electron chi connectivity index (χ4n) is 2.15. The van der Waals surface area contributed by atoms with Gasteiger partial charge in [-0.15, -0.1) is 0 Å². The van der Waals surface area contributed by atoms with Crippen molar-refractivity contribution >= 4 is 23.4 Å². The molecule has 1 aromatic carbocycles. The molecule has 0 unspecified atom stereocenters. The second-order valence-electron chi connectivity index (χ2n) is 5.93. The van der Waals surface area contributed by atoms with E-state index < -0.39 is 5.60 Å². The van der Waals surface area contributed by atoms with Crippen LogP contribution in [0, 0.1) is 0 Å². The maximum Gasteiger partial charge on any atom is 0.410 e. The minimum atomic E-state index is -0.443. The highest BCUT2D eigenvalue weighted by Crippen LogP contribution is 2.21. The Balaban J connectivity index is 1.91. The number of carbonyl (C=O) groups excluding carboxylic acids is 1. The molecule has 1 fully saturated rings. The number of halogens is 1. The largest absolute Gasteiger partial charge is 0.444 e. The first kappa shape index (κ1) is 15.0. The molecule has 110 valence electrons. The van der Waals surface area contributed by atoms with E-state index in [-0.39, 0.29) is 6.09 Å². The molecule has 0 aromatic heterocycles. The minimum absolute atomic E-state index is 0.233. The zero-order valence-corrected chi connectivity index (χ0v) is 13.0. The highest BCUT2D eigenvalue weighted by Gasteiger charge is 2.25. The Hall–Kier alpha value is -1.42. The Bertz CT molecular complexity index is 477. The highest BCUT2D eigenvalue weighted by molar-refractivity contribution is 6.30. The average molecular weight is 297 g/mol. The first-order valence-electron chi connectivity index (χ1n) is 6.83. The molecule has 0 aliphatic carbocycles. The van der Waals surface area contributed by atoms with Gasteiger partial charge in [0.15, 0.2) is 0 Å². The third kappa shape index (κ3) is 4.04. The molecule has 0 radical (unpaired) electrons. The summed E-state index contributed by atoms with van der Waals surface area (Å²) in [4.78, 5) is 16.0. The van der Waals surface area contributed by atoms with Crippen molar-refractivity contribution in [3.8, 4) is 0 Å². The molecule has 1 aliphatic rings. The van der Waals surface area contributed by atoms with Gasteiger partial charge in [0.25, 0.3) is 0 Å². The van der Waals surface area contributed by atoms with E-state index in [4.69, 9.17) is 16.3 Å². The molecule has 1 saturated heterocycles. The van der Waals surface area contributed by atoms with Crippen molar-refractivity contribution in [2.45, 2.75) is 26.4 Å². The summed E-state index contributed by atoms with van der Waals surface area (Å²) in [6, 6.07) is 7.79. The minimum Gasteiger partial charge on any atom is -0.444 e. The lowest BCUT2D eigenvalue weighted by molar-refractivity contribution is 0.0240. The van der Waals surface area contributed by atoms with Crippen LogP contribution in [0.4, 0.5) is 10.5 Å². The number of rotatable bonds is 1. The quantitative estimate of drug-likeness (QED) is 0.796. The van der Waals surface area contributed by atoms with Crippen molar-refractivity contribution < 1.29 is 9.53 Å². The van der Waals surface area contributed by atoms with Crippen LogP contribution < -0.4 is 4.90 Å². The Labute approximate surface area is 125 Å². The summed E-state index contributed by atoms with van der Waals surface area (Å²) in [5, 5.41) is 0.733. The summed E-state index contributed by atoms with van der Waals surface area (Å²) in [7, 11) is 0. The molecular weight excluding hydrogens is 276 g/mol. The molecule has 1 amide bonds. The SMILES string of the molecule is CC(C)(C)OC(=O)N1CCN(c2cccc(Cl)c2)CC1. The molecule has 2 rings (SSSR count). The molecule has 1 aliphatic heterocycles. The lowest BCUT2D eigenvalue weighted by Crippen LogP contribution is -2.50. The first-order valence-corrected chi connectivity index (χ1v) is 7.21. The van der Waals surface area contributed by atoms with E-state index in [0.29, 0.717) is 13.1 Å². The van der Waals surface area contributed by atoms with E-state index >= 15 is 0 Å². The van der Waals surface area contributed by atoms with Crippen LogP contribution in [0.15, 0.2) is 24.3 Å². The Morgan fingerprint density at radius 2 is 1.85 bits per heavy atom. The second kappa shape index (κ2) is 5.92. The first-order chi connectivity index (χ1) is 9.35. The molecule has 0 bridgehead atoms. The van der Waals surface area contributed by atoms with Crippen molar-refractivity contribution in [1.29, 1.82) is 0 Å². The standard InChI is InChI=1S/C15H21ClN2O2/c1-15(2,3)20-14(19)18-9-7-17(8-10-18)13-6-4-5-12(16)11-13/h4-6,11H,7-10H2,1-3H3. The maximum absolute atomic E-state index is 12.0. The van der Waals surface area contributed by atoms with Crippen molar-refractivity contribution in [1.82, 2.24) is 4.90 Å². The highest BCUT2D eigenvalue weighted by atomic mass is 35.5. The van der Waals surface area contributed by atoms with Crippen LogP contribution in [0.25, 0.3) is 0 Å². The number of ether oxygens (including phenoxy) is 1. The van der Waals surface area contributed by atoms with Gasteiger partial charge in [0, 0.05) is 36.9 Å². The van der Waals surface area contributed by atoms with Gasteiger partial charge < -0.3 is 14.5 Å². The van der Waals surface area contributed by atoms with Crippen LogP contribution in [-0.4, -0.2) is 42.8 Å². The molecular formula is C15H21ClN2O2. The monoisotopic (exact) mass is 296 g/mol. The number of hydrogen-bond acceptors (Lipinski definition) is 3. The Morgan fingerprint density at radius 1 is 1.20 bits per heavy atom. The van der Waals surface area contributed by atoms with Crippen LogP contribution in [-0.2, 0) is 4.74 Å². The number of nitrogens with zero attached hydrogens (tertiary/aromatic N) is 2. The van der Waals surface area contributed by atoms with Crippen LogP contribution in [0.1, 0.15) is 20.8 Å². The lowest BCUT2D eigenvalue weighted by atomic mass is 10.2. The Kier molecular flexibility index (Phi) is 4.43. The van der Waals surface area contributed by atoms with Crippen LogP contribution in [0.2, 0.25) is 5.02 Å². The molecule has 1 aromatic rings. The summed E-state index contributed by atoms with van der Waals surface area (Å²) in [6.45, 7) is 8.56. The number of hydrogen-bond donors (Lipinski definition) is 0. The van der Waals surface area contributed by atoms with Gasteiger partial charge in [0.2, 0.25) is 0 Å². The fourth-order valence-corrected chi connectivity index (χ4v) is 2.33. The molecule has 0 saturated carbocycles. The van der Waals surface area contributed by atoms with Crippen molar-refractivity contribution in [2.75, 3.05) is 31.1 Å². The molecule has 0 N–H and O–H groups in total. The summed E-state index contributed by atoms with van der Waals surface area (Å²) in [6.07, 6.45) is -0.233. The van der Waals surface area contributed by atoms with E-state index in [2.05, 4.69) is 4.90 Å². The summed E-state index contributed by atoms with van der Waals surface area (Å²) >= 11 is 6.00. The summed E-state index contributed by atoms with van der Waals surface area (Å²) < 4.78 is 5.38. The molecule has 0 spiro atoms. The van der Waals surface area contributed by atoms with Gasteiger partial charge >= 0.3 is 6.09 Å². The van der Waals surface area contributed by atoms with E-state index in [1.54, 1.807) is 4.90 Å². The predicted molar refractivity (Wildman–Crippen MR) is 81.5 cm³/mol. The topological polar surface area (TPSA) is 32.8 Å². The number of benzene rings is 1. The smallest absolute Gasteiger partial charge is 0.410 e. The van der Waals surface area contributed by atoms with Crippen LogP contribution in [0.5, 0.6) is 0 Å². The van der Waals surface area contributed by atoms with Gasteiger partial charge in [-0.2, -0.15) is 0 Å². The second-order valence-corrected chi connectivity index (χ2v) is 6.37. The van der Waals surface area contributed by atoms with Gasteiger partial charge in [-0.05, 0) is 39.0 Å². The van der Waals surface area contributed by atoms with Gasteiger partial charge in [0.1, 0.15) is 5.60 Å². The lowest BCUT2D eigenvalue weighted by Gasteiger charge is -2.36. The number of piperazine rings is 1. The maximum atomic E-state index is 12.0. The zero-order valence-electron chi connectivity index (χ0n) is 12.2. The van der Waals surface area contributed by atoms with Gasteiger partial charge in [-0.25, -0.2) is 4.79 Å². The molecule has 0 atom stereocenters. The number of anilines is 1. The van der Waals surface area contributed by atoms with Crippen LogP contribution >= 0.6 is 11.6 Å². The number of carbonyl (C=O) groups is 1. The van der Waals surface area contributed by atoms with E-state index in [9.17, 15) is 4.79 Å². The molecule has 1 heterocycles.